The first-order chi connectivity index (χ1) is 14.2. The van der Waals surface area contributed by atoms with Gasteiger partial charge in [0.05, 0.1) is 6.10 Å². The highest BCUT2D eigenvalue weighted by molar-refractivity contribution is 5.54. The van der Waals surface area contributed by atoms with Crippen LogP contribution >= 0.6 is 0 Å². The molecular formula is C26H32O4. The van der Waals surface area contributed by atoms with E-state index in [4.69, 9.17) is 4.74 Å². The summed E-state index contributed by atoms with van der Waals surface area (Å²) in [6, 6.07) is 7.36. The fourth-order valence-electron chi connectivity index (χ4n) is 4.66. The first kappa shape index (κ1) is 20.8. The van der Waals surface area contributed by atoms with Crippen LogP contribution in [0.2, 0.25) is 0 Å². The summed E-state index contributed by atoms with van der Waals surface area (Å²) in [6.45, 7) is 8.23. The molecule has 2 aliphatic rings. The van der Waals surface area contributed by atoms with Crippen LogP contribution in [0.3, 0.4) is 0 Å². The van der Waals surface area contributed by atoms with Gasteiger partial charge in [-0.2, -0.15) is 0 Å². The second-order valence-corrected chi connectivity index (χ2v) is 9.74. The SMILES string of the molecule is CC(C)=CCc1cc(C2CCc3ccc(O)cc3O2)c2c(c1O)CC(C)(C)C(O)C2. The molecule has 2 aromatic rings. The fraction of sp³-hybridized carbons (Fsp3) is 0.462. The lowest BCUT2D eigenvalue weighted by molar-refractivity contribution is 0.0408. The average Bonchev–Trinajstić information content (AvgIpc) is 2.68. The second-order valence-electron chi connectivity index (χ2n) is 9.74. The van der Waals surface area contributed by atoms with Crippen LogP contribution in [0.1, 0.15) is 68.0 Å². The highest BCUT2D eigenvalue weighted by Gasteiger charge is 2.38. The molecule has 0 bridgehead atoms. The van der Waals surface area contributed by atoms with E-state index in [9.17, 15) is 15.3 Å². The molecule has 4 heteroatoms. The third-order valence-electron chi connectivity index (χ3n) is 6.64. The van der Waals surface area contributed by atoms with Crippen molar-refractivity contribution in [2.75, 3.05) is 0 Å². The maximum absolute atomic E-state index is 11.1. The maximum atomic E-state index is 11.1. The van der Waals surface area contributed by atoms with Crippen molar-refractivity contribution < 1.29 is 20.1 Å². The van der Waals surface area contributed by atoms with Gasteiger partial charge in [-0.15, -0.1) is 0 Å². The Hall–Kier alpha value is -2.46. The van der Waals surface area contributed by atoms with Crippen LogP contribution in [0.4, 0.5) is 0 Å². The number of hydrogen-bond acceptors (Lipinski definition) is 4. The standard InChI is InChI=1S/C26H32O4/c1-15(2)5-6-17-11-20(19-13-24(28)26(3,4)14-21(19)25(17)29)22-10-8-16-7-9-18(27)12-23(16)30-22/h5,7,9,11-12,22,24,27-29H,6,8,10,13-14H2,1-4H3. The molecule has 4 nitrogen and oxygen atoms in total. The monoisotopic (exact) mass is 408 g/mol. The summed E-state index contributed by atoms with van der Waals surface area (Å²) in [4.78, 5) is 0. The van der Waals surface area contributed by atoms with E-state index >= 15 is 0 Å². The number of phenols is 2. The van der Waals surface area contributed by atoms with E-state index in [1.807, 2.05) is 6.07 Å². The molecule has 1 heterocycles. The van der Waals surface area contributed by atoms with E-state index in [-0.39, 0.29) is 17.3 Å². The van der Waals surface area contributed by atoms with Crippen molar-refractivity contribution in [2.45, 2.75) is 72.0 Å². The number of aromatic hydroxyl groups is 2. The molecule has 0 spiro atoms. The number of phenolic OH excluding ortho intramolecular Hbond substituents is 2. The molecule has 4 rings (SSSR count). The number of rotatable bonds is 3. The molecule has 2 aromatic carbocycles. The maximum Gasteiger partial charge on any atom is 0.127 e. The number of hydrogen-bond donors (Lipinski definition) is 3. The first-order valence-electron chi connectivity index (χ1n) is 10.8. The number of aliphatic hydroxyl groups excluding tert-OH is 1. The number of benzene rings is 2. The molecule has 0 radical (unpaired) electrons. The van der Waals surface area contributed by atoms with Gasteiger partial charge in [-0.3, -0.25) is 0 Å². The summed E-state index contributed by atoms with van der Waals surface area (Å²) >= 11 is 0. The van der Waals surface area contributed by atoms with Gasteiger partial charge in [0.25, 0.3) is 0 Å². The Labute approximate surface area is 178 Å². The summed E-state index contributed by atoms with van der Waals surface area (Å²) < 4.78 is 6.33. The van der Waals surface area contributed by atoms with Crippen molar-refractivity contribution >= 4 is 0 Å². The summed E-state index contributed by atoms with van der Waals surface area (Å²) in [5.74, 6) is 1.28. The van der Waals surface area contributed by atoms with Gasteiger partial charge in [-0.05, 0) is 91.3 Å². The normalized spacial score (nSPS) is 21.9. The van der Waals surface area contributed by atoms with Crippen molar-refractivity contribution in [1.82, 2.24) is 0 Å². The molecule has 0 saturated heterocycles. The van der Waals surface area contributed by atoms with E-state index in [0.717, 1.165) is 46.4 Å². The highest BCUT2D eigenvalue weighted by Crippen LogP contribution is 2.46. The van der Waals surface area contributed by atoms with Gasteiger partial charge in [0.15, 0.2) is 0 Å². The van der Waals surface area contributed by atoms with Crippen LogP contribution < -0.4 is 4.74 Å². The molecule has 0 fully saturated rings. The van der Waals surface area contributed by atoms with Crippen LogP contribution in [0.15, 0.2) is 35.9 Å². The zero-order valence-electron chi connectivity index (χ0n) is 18.3. The van der Waals surface area contributed by atoms with Gasteiger partial charge in [-0.25, -0.2) is 0 Å². The molecule has 0 aromatic heterocycles. The van der Waals surface area contributed by atoms with Crippen molar-refractivity contribution in [3.8, 4) is 17.2 Å². The predicted molar refractivity (Wildman–Crippen MR) is 118 cm³/mol. The largest absolute Gasteiger partial charge is 0.508 e. The minimum Gasteiger partial charge on any atom is -0.508 e. The average molecular weight is 409 g/mol. The quantitative estimate of drug-likeness (QED) is 0.614. The molecule has 0 saturated carbocycles. The van der Waals surface area contributed by atoms with E-state index in [1.54, 1.807) is 12.1 Å². The molecule has 2 atom stereocenters. The number of allylic oxidation sites excluding steroid dienone is 2. The Bertz CT molecular complexity index is 999. The third-order valence-corrected chi connectivity index (χ3v) is 6.64. The number of ether oxygens (including phenoxy) is 1. The van der Waals surface area contributed by atoms with Crippen LogP contribution in [0.25, 0.3) is 0 Å². The molecule has 3 N–H and O–H groups in total. The predicted octanol–water partition coefficient (Wildman–Crippen LogP) is 5.16. The van der Waals surface area contributed by atoms with Crippen molar-refractivity contribution in [1.29, 1.82) is 0 Å². The van der Waals surface area contributed by atoms with E-state index < -0.39 is 6.10 Å². The molecule has 160 valence electrons. The topological polar surface area (TPSA) is 69.9 Å². The third kappa shape index (κ3) is 3.81. The second kappa shape index (κ2) is 7.66. The Morgan fingerprint density at radius 2 is 1.93 bits per heavy atom. The summed E-state index contributed by atoms with van der Waals surface area (Å²) in [5.41, 5.74) is 5.96. The molecule has 30 heavy (non-hydrogen) atoms. The summed E-state index contributed by atoms with van der Waals surface area (Å²) in [5, 5.41) is 31.7. The Kier molecular flexibility index (Phi) is 5.31. The molecule has 1 aliphatic carbocycles. The molecular weight excluding hydrogens is 376 g/mol. The highest BCUT2D eigenvalue weighted by atomic mass is 16.5. The molecule has 2 unspecified atom stereocenters. The number of aliphatic hydroxyl groups is 1. The lowest BCUT2D eigenvalue weighted by atomic mass is 9.69. The van der Waals surface area contributed by atoms with Crippen LogP contribution in [-0.4, -0.2) is 21.4 Å². The lowest BCUT2D eigenvalue weighted by Gasteiger charge is -2.39. The smallest absolute Gasteiger partial charge is 0.127 e. The van der Waals surface area contributed by atoms with E-state index in [0.29, 0.717) is 25.0 Å². The zero-order valence-corrected chi connectivity index (χ0v) is 18.3. The van der Waals surface area contributed by atoms with Gasteiger partial charge in [0, 0.05) is 6.07 Å². The van der Waals surface area contributed by atoms with Crippen molar-refractivity contribution in [3.63, 3.8) is 0 Å². The lowest BCUT2D eigenvalue weighted by Crippen LogP contribution is -2.38. The zero-order chi connectivity index (χ0) is 21.6. The Morgan fingerprint density at radius 3 is 2.67 bits per heavy atom. The minimum atomic E-state index is -0.466. The van der Waals surface area contributed by atoms with Crippen molar-refractivity contribution in [2.24, 2.45) is 5.41 Å². The summed E-state index contributed by atoms with van der Waals surface area (Å²) in [7, 11) is 0. The summed E-state index contributed by atoms with van der Waals surface area (Å²) in [6.07, 6.45) is 5.02. The van der Waals surface area contributed by atoms with Crippen LogP contribution in [0.5, 0.6) is 17.2 Å². The fourth-order valence-corrected chi connectivity index (χ4v) is 4.66. The minimum absolute atomic E-state index is 0.160. The van der Waals surface area contributed by atoms with Gasteiger partial charge >= 0.3 is 0 Å². The van der Waals surface area contributed by atoms with Gasteiger partial charge in [-0.1, -0.05) is 31.6 Å². The van der Waals surface area contributed by atoms with E-state index in [2.05, 4.69) is 39.8 Å². The number of fused-ring (bicyclic) bond motifs is 2. The van der Waals surface area contributed by atoms with Crippen molar-refractivity contribution in [3.05, 3.63) is 63.7 Å². The van der Waals surface area contributed by atoms with E-state index in [1.165, 1.54) is 5.57 Å². The van der Waals surface area contributed by atoms with Crippen LogP contribution in [0, 0.1) is 5.41 Å². The Balaban J connectivity index is 1.81. The number of aryl methyl sites for hydroxylation is 1. The Morgan fingerprint density at radius 1 is 1.17 bits per heavy atom. The van der Waals surface area contributed by atoms with Crippen LogP contribution in [-0.2, 0) is 25.7 Å². The first-order valence-corrected chi connectivity index (χ1v) is 10.8. The van der Waals surface area contributed by atoms with Gasteiger partial charge < -0.3 is 20.1 Å². The molecule has 1 aliphatic heterocycles. The molecule has 0 amide bonds. The van der Waals surface area contributed by atoms with Gasteiger partial charge in [0.1, 0.15) is 23.4 Å². The van der Waals surface area contributed by atoms with Gasteiger partial charge in [0.2, 0.25) is 0 Å².